The summed E-state index contributed by atoms with van der Waals surface area (Å²) in [4.78, 5) is 0. The molecule has 0 fully saturated rings. The van der Waals surface area contributed by atoms with Crippen LogP contribution in [0.1, 0.15) is 12.0 Å². The summed E-state index contributed by atoms with van der Waals surface area (Å²) >= 11 is 0. The number of fused-ring (bicyclic) bond motifs is 1. The van der Waals surface area contributed by atoms with E-state index < -0.39 is 0 Å². The third-order valence-electron chi connectivity index (χ3n) is 2.76. The predicted octanol–water partition coefficient (Wildman–Crippen LogP) is 0.949. The molecule has 1 unspecified atom stereocenters. The van der Waals surface area contributed by atoms with Gasteiger partial charge in [-0.3, -0.25) is 0 Å². The second kappa shape index (κ2) is 5.18. The second-order valence-electron chi connectivity index (χ2n) is 3.95. The first-order chi connectivity index (χ1) is 7.83. The first-order valence-corrected chi connectivity index (χ1v) is 5.43. The molecule has 0 aliphatic carbocycles. The fourth-order valence-corrected chi connectivity index (χ4v) is 1.84. The molecule has 0 radical (unpaired) electrons. The van der Waals surface area contributed by atoms with Gasteiger partial charge in [0.25, 0.3) is 0 Å². The Kier molecular flexibility index (Phi) is 3.64. The van der Waals surface area contributed by atoms with Crippen LogP contribution in [-0.2, 0) is 6.42 Å². The van der Waals surface area contributed by atoms with Crippen molar-refractivity contribution in [2.24, 2.45) is 5.92 Å². The van der Waals surface area contributed by atoms with Crippen molar-refractivity contribution in [2.75, 3.05) is 20.0 Å². The van der Waals surface area contributed by atoms with Gasteiger partial charge in [-0.1, -0.05) is 6.07 Å². The molecule has 88 valence electrons. The Morgan fingerprint density at radius 1 is 1.19 bits per heavy atom. The lowest BCUT2D eigenvalue weighted by Gasteiger charge is -2.12. The smallest absolute Gasteiger partial charge is 0.231 e. The van der Waals surface area contributed by atoms with Crippen LogP contribution in [0.2, 0.25) is 0 Å². The van der Waals surface area contributed by atoms with Gasteiger partial charge in [-0.25, -0.2) is 0 Å². The van der Waals surface area contributed by atoms with E-state index in [1.165, 1.54) is 0 Å². The first kappa shape index (κ1) is 11.2. The molecule has 0 aromatic heterocycles. The van der Waals surface area contributed by atoms with Crippen molar-refractivity contribution in [1.82, 2.24) is 0 Å². The molecule has 1 aliphatic rings. The molecule has 1 atom stereocenters. The van der Waals surface area contributed by atoms with Gasteiger partial charge < -0.3 is 19.7 Å². The molecule has 1 aliphatic heterocycles. The highest BCUT2D eigenvalue weighted by atomic mass is 16.7. The van der Waals surface area contributed by atoms with E-state index in [9.17, 15) is 0 Å². The Balaban J connectivity index is 2.04. The van der Waals surface area contributed by atoms with Crippen molar-refractivity contribution in [1.29, 1.82) is 0 Å². The molecular formula is C12H16O4. The number of aliphatic hydroxyl groups excluding tert-OH is 2. The third kappa shape index (κ3) is 2.46. The Bertz CT molecular complexity index is 351. The molecule has 16 heavy (non-hydrogen) atoms. The molecule has 1 aromatic carbocycles. The quantitative estimate of drug-likeness (QED) is 0.781. The lowest BCUT2D eigenvalue weighted by Crippen LogP contribution is -2.11. The SMILES string of the molecule is OCCC(CO)Cc1ccc2c(c1)OCO2. The van der Waals surface area contributed by atoms with Crippen LogP contribution < -0.4 is 9.47 Å². The Morgan fingerprint density at radius 2 is 2.00 bits per heavy atom. The van der Waals surface area contributed by atoms with Gasteiger partial charge in [-0.2, -0.15) is 0 Å². The van der Waals surface area contributed by atoms with Crippen LogP contribution in [0.5, 0.6) is 11.5 Å². The maximum absolute atomic E-state index is 9.14. The van der Waals surface area contributed by atoms with E-state index >= 15 is 0 Å². The summed E-state index contributed by atoms with van der Waals surface area (Å²) in [5.41, 5.74) is 1.09. The minimum atomic E-state index is 0.0923. The van der Waals surface area contributed by atoms with Gasteiger partial charge in [0.1, 0.15) is 0 Å². The Morgan fingerprint density at radius 3 is 2.75 bits per heavy atom. The van der Waals surface area contributed by atoms with E-state index in [1.54, 1.807) is 0 Å². The average molecular weight is 224 g/mol. The zero-order valence-electron chi connectivity index (χ0n) is 9.06. The largest absolute Gasteiger partial charge is 0.454 e. The number of ether oxygens (including phenoxy) is 2. The highest BCUT2D eigenvalue weighted by Gasteiger charge is 2.15. The molecule has 4 heteroatoms. The van der Waals surface area contributed by atoms with Gasteiger partial charge in [0.05, 0.1) is 0 Å². The Hall–Kier alpha value is -1.26. The number of rotatable bonds is 5. The molecule has 2 N–H and O–H groups in total. The standard InChI is InChI=1S/C12H16O4/c13-4-3-10(7-14)5-9-1-2-11-12(6-9)16-8-15-11/h1-2,6,10,13-14H,3-5,7-8H2. The predicted molar refractivity (Wildman–Crippen MR) is 58.5 cm³/mol. The lowest BCUT2D eigenvalue weighted by molar-refractivity contribution is 0.173. The Labute approximate surface area is 94.4 Å². The lowest BCUT2D eigenvalue weighted by atomic mass is 9.97. The monoisotopic (exact) mass is 224 g/mol. The van der Waals surface area contributed by atoms with E-state index in [2.05, 4.69) is 0 Å². The van der Waals surface area contributed by atoms with Crippen molar-refractivity contribution in [3.05, 3.63) is 23.8 Å². The van der Waals surface area contributed by atoms with Crippen LogP contribution in [0.15, 0.2) is 18.2 Å². The number of hydrogen-bond donors (Lipinski definition) is 2. The van der Waals surface area contributed by atoms with Crippen LogP contribution in [0.25, 0.3) is 0 Å². The van der Waals surface area contributed by atoms with E-state index in [0.717, 1.165) is 23.5 Å². The topological polar surface area (TPSA) is 58.9 Å². The molecule has 0 saturated carbocycles. The van der Waals surface area contributed by atoms with Crippen LogP contribution in [0.3, 0.4) is 0 Å². The fraction of sp³-hybridized carbons (Fsp3) is 0.500. The van der Waals surface area contributed by atoms with E-state index in [1.807, 2.05) is 18.2 Å². The molecule has 0 saturated heterocycles. The summed E-state index contributed by atoms with van der Waals surface area (Å²) in [5.74, 6) is 1.63. The molecule has 4 nitrogen and oxygen atoms in total. The summed E-state index contributed by atoms with van der Waals surface area (Å²) in [6.07, 6.45) is 1.36. The maximum atomic E-state index is 9.14. The van der Waals surface area contributed by atoms with Gasteiger partial charge in [0, 0.05) is 13.2 Å². The number of benzene rings is 1. The number of aliphatic hydroxyl groups is 2. The second-order valence-corrected chi connectivity index (χ2v) is 3.95. The normalized spacial score (nSPS) is 15.1. The number of hydrogen-bond acceptors (Lipinski definition) is 4. The molecule has 0 spiro atoms. The van der Waals surface area contributed by atoms with E-state index in [4.69, 9.17) is 19.7 Å². The van der Waals surface area contributed by atoms with Crippen LogP contribution in [0, 0.1) is 5.92 Å². The summed E-state index contributed by atoms with van der Waals surface area (Å²) in [6, 6.07) is 5.78. The van der Waals surface area contributed by atoms with Crippen molar-refractivity contribution in [2.45, 2.75) is 12.8 Å². The van der Waals surface area contributed by atoms with Crippen molar-refractivity contribution < 1.29 is 19.7 Å². The first-order valence-electron chi connectivity index (χ1n) is 5.43. The summed E-state index contributed by atoms with van der Waals surface area (Å²) in [6.45, 7) is 0.476. The minimum Gasteiger partial charge on any atom is -0.454 e. The summed E-state index contributed by atoms with van der Waals surface area (Å²) in [5, 5.41) is 18.0. The van der Waals surface area contributed by atoms with Gasteiger partial charge in [-0.15, -0.1) is 0 Å². The highest BCUT2D eigenvalue weighted by molar-refractivity contribution is 5.44. The van der Waals surface area contributed by atoms with Crippen LogP contribution in [0.4, 0.5) is 0 Å². The summed E-state index contributed by atoms with van der Waals surface area (Å²) in [7, 11) is 0. The maximum Gasteiger partial charge on any atom is 0.231 e. The zero-order chi connectivity index (χ0) is 11.4. The molecule has 0 bridgehead atoms. The zero-order valence-corrected chi connectivity index (χ0v) is 9.06. The minimum absolute atomic E-state index is 0.0923. The molecule has 2 rings (SSSR count). The van der Waals surface area contributed by atoms with E-state index in [0.29, 0.717) is 6.42 Å². The fourth-order valence-electron chi connectivity index (χ4n) is 1.84. The van der Waals surface area contributed by atoms with Crippen molar-refractivity contribution in [3.8, 4) is 11.5 Å². The average Bonchev–Trinajstić information content (AvgIpc) is 2.75. The van der Waals surface area contributed by atoms with Gasteiger partial charge in [0.2, 0.25) is 6.79 Å². The van der Waals surface area contributed by atoms with Crippen molar-refractivity contribution in [3.63, 3.8) is 0 Å². The third-order valence-corrected chi connectivity index (χ3v) is 2.76. The van der Waals surface area contributed by atoms with Gasteiger partial charge in [0.15, 0.2) is 11.5 Å². The van der Waals surface area contributed by atoms with Crippen molar-refractivity contribution >= 4 is 0 Å². The van der Waals surface area contributed by atoms with Gasteiger partial charge in [-0.05, 0) is 36.5 Å². The summed E-state index contributed by atoms with van der Waals surface area (Å²) < 4.78 is 10.5. The molecule has 1 aromatic rings. The van der Waals surface area contributed by atoms with Crippen LogP contribution >= 0.6 is 0 Å². The molecule has 0 amide bonds. The van der Waals surface area contributed by atoms with Gasteiger partial charge >= 0.3 is 0 Å². The molecular weight excluding hydrogens is 208 g/mol. The van der Waals surface area contributed by atoms with Crippen LogP contribution in [-0.4, -0.2) is 30.2 Å². The molecule has 1 heterocycles. The highest BCUT2D eigenvalue weighted by Crippen LogP contribution is 2.33. The van der Waals surface area contributed by atoms with E-state index in [-0.39, 0.29) is 25.9 Å².